The second-order valence-electron chi connectivity index (χ2n) is 7.97. The van der Waals surface area contributed by atoms with E-state index in [2.05, 4.69) is 5.32 Å². The van der Waals surface area contributed by atoms with Crippen LogP contribution in [0.2, 0.25) is 0 Å². The average Bonchev–Trinajstić information content (AvgIpc) is 3.47. The number of nitrogens with one attached hydrogen (secondary N) is 2. The quantitative estimate of drug-likeness (QED) is 0.400. The molecule has 1 aliphatic carbocycles. The zero-order valence-corrected chi connectivity index (χ0v) is 19.1. The van der Waals surface area contributed by atoms with E-state index in [4.69, 9.17) is 4.74 Å². The van der Waals surface area contributed by atoms with Crippen LogP contribution in [0.5, 0.6) is 0 Å². The summed E-state index contributed by atoms with van der Waals surface area (Å²) >= 11 is 1.11. The molecule has 4 rings (SSSR count). The van der Waals surface area contributed by atoms with Gasteiger partial charge < -0.3 is 20.5 Å². The van der Waals surface area contributed by atoms with Crippen molar-refractivity contribution in [3.8, 4) is 11.1 Å². The molecular weight excluding hydrogens is 478 g/mol. The number of carbonyl (C=O) groups excluding carboxylic acids is 2. The van der Waals surface area contributed by atoms with Crippen LogP contribution < -0.4 is 10.6 Å². The van der Waals surface area contributed by atoms with Crippen LogP contribution in [0.3, 0.4) is 0 Å². The SMILES string of the molecule is O=C(CC(NC(=O)OCC1c2ccccc2-c2ccccc21)C(F)F)NC(C(=O)O)c1cccs1. The van der Waals surface area contributed by atoms with Crippen LogP contribution >= 0.6 is 11.3 Å². The summed E-state index contributed by atoms with van der Waals surface area (Å²) < 4.78 is 32.4. The maximum atomic E-state index is 13.6. The summed E-state index contributed by atoms with van der Waals surface area (Å²) in [7, 11) is 0. The molecule has 35 heavy (non-hydrogen) atoms. The third-order valence-corrected chi connectivity index (χ3v) is 6.67. The predicted molar refractivity (Wildman–Crippen MR) is 125 cm³/mol. The summed E-state index contributed by atoms with van der Waals surface area (Å²) in [6.07, 6.45) is -4.96. The van der Waals surface area contributed by atoms with Gasteiger partial charge in [0.05, 0.1) is 6.42 Å². The van der Waals surface area contributed by atoms with Crippen molar-refractivity contribution < 1.29 is 33.0 Å². The number of carboxylic acids is 1. The molecule has 0 aliphatic heterocycles. The van der Waals surface area contributed by atoms with Gasteiger partial charge in [0.1, 0.15) is 12.6 Å². The fourth-order valence-electron chi connectivity index (χ4n) is 4.12. The number of halogens is 2. The molecule has 0 radical (unpaired) electrons. The normalized spacial score (nSPS) is 14.0. The Bertz CT molecular complexity index is 1170. The molecule has 0 bridgehead atoms. The Balaban J connectivity index is 1.36. The second kappa shape index (κ2) is 10.6. The standard InChI is InChI=1S/C25H22F2N2O5S/c26-23(27)19(12-21(30)29-22(24(31)32)20-10-5-11-35-20)28-25(33)34-13-18-16-8-3-1-6-14(16)15-7-2-4-9-17(15)18/h1-11,18-19,22-23H,12-13H2,(H,28,33)(H,29,30)(H,31,32). The number of thiophene rings is 1. The highest BCUT2D eigenvalue weighted by molar-refractivity contribution is 7.10. The van der Waals surface area contributed by atoms with Crippen molar-refractivity contribution in [1.29, 1.82) is 0 Å². The van der Waals surface area contributed by atoms with Gasteiger partial charge in [-0.25, -0.2) is 18.4 Å². The maximum Gasteiger partial charge on any atom is 0.407 e. The molecule has 2 amide bonds. The topological polar surface area (TPSA) is 105 Å². The Morgan fingerprint density at radius 3 is 2.11 bits per heavy atom. The number of aliphatic carboxylic acids is 1. The zero-order valence-electron chi connectivity index (χ0n) is 18.3. The molecule has 0 spiro atoms. The molecule has 1 aliphatic rings. The van der Waals surface area contributed by atoms with E-state index in [1.165, 1.54) is 6.07 Å². The number of alkyl carbamates (subject to hydrolysis) is 1. The fourth-order valence-corrected chi connectivity index (χ4v) is 4.89. The van der Waals surface area contributed by atoms with Gasteiger partial charge in [0, 0.05) is 10.8 Å². The molecule has 0 fully saturated rings. The van der Waals surface area contributed by atoms with Crippen molar-refractivity contribution in [1.82, 2.24) is 10.6 Å². The van der Waals surface area contributed by atoms with Gasteiger partial charge in [-0.05, 0) is 33.7 Å². The van der Waals surface area contributed by atoms with Crippen LogP contribution in [0.4, 0.5) is 13.6 Å². The van der Waals surface area contributed by atoms with Crippen molar-refractivity contribution in [2.45, 2.75) is 30.8 Å². The predicted octanol–water partition coefficient (Wildman–Crippen LogP) is 4.55. The molecule has 3 aromatic rings. The van der Waals surface area contributed by atoms with E-state index < -0.39 is 42.9 Å². The zero-order chi connectivity index (χ0) is 24.9. The minimum atomic E-state index is -3.06. The fraction of sp³-hybridized carbons (Fsp3) is 0.240. The number of ether oxygens (including phenoxy) is 1. The molecule has 10 heteroatoms. The maximum absolute atomic E-state index is 13.6. The third kappa shape index (κ3) is 5.48. The molecule has 2 unspecified atom stereocenters. The summed E-state index contributed by atoms with van der Waals surface area (Å²) in [5.74, 6) is -2.50. The summed E-state index contributed by atoms with van der Waals surface area (Å²) in [5.41, 5.74) is 4.00. The van der Waals surface area contributed by atoms with Crippen LogP contribution in [0.15, 0.2) is 66.0 Å². The van der Waals surface area contributed by atoms with Gasteiger partial charge in [0.15, 0.2) is 6.04 Å². The van der Waals surface area contributed by atoms with Crippen molar-refractivity contribution in [3.05, 3.63) is 82.0 Å². The highest BCUT2D eigenvalue weighted by Crippen LogP contribution is 2.44. The number of hydrogen-bond donors (Lipinski definition) is 3. The van der Waals surface area contributed by atoms with Gasteiger partial charge in [0.25, 0.3) is 6.43 Å². The first-order valence-corrected chi connectivity index (χ1v) is 11.7. The number of rotatable bonds is 9. The van der Waals surface area contributed by atoms with E-state index in [-0.39, 0.29) is 12.5 Å². The average molecular weight is 501 g/mol. The molecule has 1 aromatic heterocycles. The van der Waals surface area contributed by atoms with Crippen LogP contribution in [-0.4, -0.2) is 42.2 Å². The van der Waals surface area contributed by atoms with Crippen molar-refractivity contribution in [2.24, 2.45) is 0 Å². The number of hydrogen-bond acceptors (Lipinski definition) is 5. The van der Waals surface area contributed by atoms with E-state index in [1.54, 1.807) is 11.4 Å². The van der Waals surface area contributed by atoms with Gasteiger partial charge >= 0.3 is 12.1 Å². The summed E-state index contributed by atoms with van der Waals surface area (Å²) in [4.78, 5) is 36.5. The number of carbonyl (C=O) groups is 3. The van der Waals surface area contributed by atoms with E-state index in [0.717, 1.165) is 33.6 Å². The van der Waals surface area contributed by atoms with Crippen molar-refractivity contribution in [3.63, 3.8) is 0 Å². The lowest BCUT2D eigenvalue weighted by molar-refractivity contribution is -0.142. The molecule has 2 atom stereocenters. The van der Waals surface area contributed by atoms with Gasteiger partial charge in [-0.3, -0.25) is 4.79 Å². The highest BCUT2D eigenvalue weighted by Gasteiger charge is 2.31. The Labute approximate surface area is 203 Å². The number of amides is 2. The molecular formula is C25H22F2N2O5S. The Hall–Kier alpha value is -3.79. The van der Waals surface area contributed by atoms with Crippen molar-refractivity contribution in [2.75, 3.05) is 6.61 Å². The Morgan fingerprint density at radius 2 is 1.57 bits per heavy atom. The second-order valence-corrected chi connectivity index (χ2v) is 8.95. The molecule has 7 nitrogen and oxygen atoms in total. The minimum Gasteiger partial charge on any atom is -0.479 e. The Kier molecular flexibility index (Phi) is 7.40. The van der Waals surface area contributed by atoms with E-state index >= 15 is 0 Å². The summed E-state index contributed by atoms with van der Waals surface area (Å²) in [5, 5.41) is 15.2. The van der Waals surface area contributed by atoms with Crippen LogP contribution in [0.1, 0.15) is 34.4 Å². The Morgan fingerprint density at radius 1 is 0.943 bits per heavy atom. The summed E-state index contributed by atoms with van der Waals surface area (Å²) in [6.45, 7) is -0.0680. The summed E-state index contributed by atoms with van der Waals surface area (Å²) in [6, 6.07) is 15.3. The minimum absolute atomic E-state index is 0.0680. The molecule has 3 N–H and O–H groups in total. The third-order valence-electron chi connectivity index (χ3n) is 5.74. The van der Waals surface area contributed by atoms with E-state index in [1.807, 2.05) is 53.8 Å². The number of alkyl halides is 2. The van der Waals surface area contributed by atoms with Crippen LogP contribution in [0, 0.1) is 0 Å². The van der Waals surface area contributed by atoms with Crippen LogP contribution in [-0.2, 0) is 14.3 Å². The lowest BCUT2D eigenvalue weighted by Crippen LogP contribution is -2.45. The van der Waals surface area contributed by atoms with Gasteiger partial charge in [0.2, 0.25) is 5.91 Å². The largest absolute Gasteiger partial charge is 0.479 e. The molecule has 0 saturated carbocycles. The first-order chi connectivity index (χ1) is 16.8. The highest BCUT2D eigenvalue weighted by atomic mass is 32.1. The number of fused-ring (bicyclic) bond motifs is 3. The van der Waals surface area contributed by atoms with Crippen molar-refractivity contribution >= 4 is 29.3 Å². The molecule has 2 aromatic carbocycles. The molecule has 1 heterocycles. The number of carboxylic acid groups (broad SMARTS) is 1. The van der Waals surface area contributed by atoms with Gasteiger partial charge in [-0.1, -0.05) is 54.6 Å². The molecule has 182 valence electrons. The van der Waals surface area contributed by atoms with Gasteiger partial charge in [-0.15, -0.1) is 11.3 Å². The molecule has 0 saturated heterocycles. The smallest absolute Gasteiger partial charge is 0.407 e. The first kappa shape index (κ1) is 24.3. The number of benzene rings is 2. The first-order valence-electron chi connectivity index (χ1n) is 10.8. The van der Waals surface area contributed by atoms with E-state index in [9.17, 15) is 28.3 Å². The van der Waals surface area contributed by atoms with Crippen LogP contribution in [0.25, 0.3) is 11.1 Å². The van der Waals surface area contributed by atoms with Gasteiger partial charge in [-0.2, -0.15) is 0 Å². The monoisotopic (exact) mass is 500 g/mol. The lowest BCUT2D eigenvalue weighted by Gasteiger charge is -2.20. The van der Waals surface area contributed by atoms with E-state index in [0.29, 0.717) is 4.88 Å². The lowest BCUT2D eigenvalue weighted by atomic mass is 9.98.